The summed E-state index contributed by atoms with van der Waals surface area (Å²) in [7, 11) is 1.55. The molecule has 2 heterocycles. The highest BCUT2D eigenvalue weighted by molar-refractivity contribution is 7.12. The van der Waals surface area contributed by atoms with Crippen LogP contribution in [0.25, 0.3) is 10.8 Å². The van der Waals surface area contributed by atoms with E-state index in [2.05, 4.69) is 0 Å². The summed E-state index contributed by atoms with van der Waals surface area (Å²) in [4.78, 5) is 28.8. The van der Waals surface area contributed by atoms with Gasteiger partial charge in [0.25, 0.3) is 5.91 Å². The lowest BCUT2D eigenvalue weighted by Gasteiger charge is -2.28. The molecule has 32 heavy (non-hydrogen) atoms. The van der Waals surface area contributed by atoms with Gasteiger partial charge in [-0.3, -0.25) is 14.5 Å². The molecule has 158 valence electrons. The highest BCUT2D eigenvalue weighted by Crippen LogP contribution is 2.44. The van der Waals surface area contributed by atoms with Crippen LogP contribution >= 0.6 is 11.3 Å². The van der Waals surface area contributed by atoms with Gasteiger partial charge in [-0.05, 0) is 39.9 Å². The molecule has 5 rings (SSSR count). The number of ether oxygens (including phenoxy) is 1. The molecule has 0 bridgehead atoms. The fourth-order valence-corrected chi connectivity index (χ4v) is 4.87. The number of hydrogen-bond acceptors (Lipinski definition) is 5. The summed E-state index contributed by atoms with van der Waals surface area (Å²) in [5.74, 6) is -0.918. The second kappa shape index (κ2) is 7.98. The number of anilines is 1. The number of rotatable bonds is 5. The fraction of sp³-hybridized carbons (Fsp3) is 0.0769. The van der Waals surface area contributed by atoms with Gasteiger partial charge in [-0.2, -0.15) is 0 Å². The number of hydrogen-bond donors (Lipinski definition) is 1. The summed E-state index contributed by atoms with van der Waals surface area (Å²) >= 11 is 1.28. The van der Waals surface area contributed by atoms with Gasteiger partial charge < -0.3 is 9.84 Å². The Balaban J connectivity index is 1.76. The molecule has 0 saturated carbocycles. The lowest BCUT2D eigenvalue weighted by Crippen LogP contribution is -2.31. The number of thiophene rings is 1. The zero-order valence-electron chi connectivity index (χ0n) is 17.2. The van der Waals surface area contributed by atoms with Crippen molar-refractivity contribution >= 4 is 39.5 Å². The van der Waals surface area contributed by atoms with E-state index in [1.165, 1.54) is 16.2 Å². The van der Waals surface area contributed by atoms with Crippen molar-refractivity contribution in [2.75, 3.05) is 12.0 Å². The van der Waals surface area contributed by atoms with E-state index in [1.807, 2.05) is 42.5 Å². The minimum atomic E-state index is -0.782. The fourth-order valence-electron chi connectivity index (χ4n) is 4.19. The van der Waals surface area contributed by atoms with Crippen LogP contribution in [0.1, 0.15) is 21.3 Å². The third kappa shape index (κ3) is 3.16. The second-order valence-corrected chi connectivity index (χ2v) is 8.36. The number of fused-ring (bicyclic) bond motifs is 1. The van der Waals surface area contributed by atoms with Gasteiger partial charge in [0, 0.05) is 11.8 Å². The highest BCUT2D eigenvalue weighted by atomic mass is 32.1. The average Bonchev–Trinajstić information content (AvgIpc) is 3.46. The summed E-state index contributed by atoms with van der Waals surface area (Å²) in [5, 5.41) is 14.6. The molecule has 0 aliphatic carbocycles. The molecule has 0 radical (unpaired) electrons. The number of ketones is 1. The van der Waals surface area contributed by atoms with Crippen molar-refractivity contribution in [1.29, 1.82) is 0 Å². The number of carbonyl (C=O) groups excluding carboxylic acids is 2. The van der Waals surface area contributed by atoms with Crippen LogP contribution in [0.5, 0.6) is 5.75 Å². The summed E-state index contributed by atoms with van der Waals surface area (Å²) < 4.78 is 5.34. The van der Waals surface area contributed by atoms with E-state index < -0.39 is 17.7 Å². The lowest BCUT2D eigenvalue weighted by atomic mass is 9.91. The van der Waals surface area contributed by atoms with E-state index in [-0.39, 0.29) is 11.4 Å². The molecule has 0 saturated heterocycles. The topological polar surface area (TPSA) is 66.8 Å². The number of Topliss-reactive ketones (excluding diaryl/α,β-unsaturated/α-hetero) is 1. The summed E-state index contributed by atoms with van der Waals surface area (Å²) in [5.41, 5.74) is 1.38. The third-order valence-corrected chi connectivity index (χ3v) is 6.52. The highest BCUT2D eigenvalue weighted by Gasteiger charge is 2.45. The Hall–Kier alpha value is -3.90. The van der Waals surface area contributed by atoms with Crippen LogP contribution in [0, 0.1) is 0 Å². The molecule has 1 aromatic heterocycles. The smallest absolute Gasteiger partial charge is 0.294 e. The molecule has 3 aromatic carbocycles. The van der Waals surface area contributed by atoms with Gasteiger partial charge in [0.05, 0.1) is 23.6 Å². The number of amides is 1. The van der Waals surface area contributed by atoms with Crippen molar-refractivity contribution in [3.63, 3.8) is 0 Å². The zero-order chi connectivity index (χ0) is 22.2. The van der Waals surface area contributed by atoms with Gasteiger partial charge in [-0.15, -0.1) is 11.3 Å². The van der Waals surface area contributed by atoms with Crippen molar-refractivity contribution < 1.29 is 19.4 Å². The first-order valence-corrected chi connectivity index (χ1v) is 10.9. The van der Waals surface area contributed by atoms with Crippen LogP contribution < -0.4 is 9.64 Å². The minimum absolute atomic E-state index is 0.0802. The molecular formula is C26H19NO4S. The molecule has 1 atom stereocenters. The number of aliphatic hydroxyl groups excluding tert-OH is 1. The molecule has 5 nitrogen and oxygen atoms in total. The summed E-state index contributed by atoms with van der Waals surface area (Å²) in [6.45, 7) is 0. The van der Waals surface area contributed by atoms with Gasteiger partial charge in [0.15, 0.2) is 5.76 Å². The Labute approximate surface area is 188 Å². The molecule has 0 fully saturated rings. The molecule has 1 unspecified atom stereocenters. The van der Waals surface area contributed by atoms with E-state index in [0.717, 1.165) is 16.3 Å². The predicted molar refractivity (Wildman–Crippen MR) is 125 cm³/mol. The Morgan fingerprint density at radius 3 is 2.56 bits per heavy atom. The van der Waals surface area contributed by atoms with Gasteiger partial charge in [0.1, 0.15) is 5.75 Å². The first kappa shape index (κ1) is 20.0. The van der Waals surface area contributed by atoms with E-state index in [1.54, 1.807) is 48.9 Å². The lowest BCUT2D eigenvalue weighted by molar-refractivity contribution is -0.117. The molecule has 4 aromatic rings. The predicted octanol–water partition coefficient (Wildman–Crippen LogP) is 5.69. The maximum Gasteiger partial charge on any atom is 0.294 e. The number of aliphatic hydroxyl groups is 1. The van der Waals surface area contributed by atoms with Crippen LogP contribution in [0.15, 0.2) is 95.6 Å². The van der Waals surface area contributed by atoms with Crippen LogP contribution in [0.3, 0.4) is 0 Å². The van der Waals surface area contributed by atoms with Gasteiger partial charge in [-0.1, -0.05) is 54.6 Å². The maximum absolute atomic E-state index is 13.5. The Morgan fingerprint density at radius 1 is 1.00 bits per heavy atom. The zero-order valence-corrected chi connectivity index (χ0v) is 18.0. The first-order valence-electron chi connectivity index (χ1n) is 10.1. The van der Waals surface area contributed by atoms with E-state index in [4.69, 9.17) is 4.74 Å². The number of methoxy groups -OCH3 is 1. The van der Waals surface area contributed by atoms with E-state index in [0.29, 0.717) is 16.3 Å². The second-order valence-electron chi connectivity index (χ2n) is 7.42. The first-order chi connectivity index (χ1) is 15.6. The van der Waals surface area contributed by atoms with Gasteiger partial charge in [0.2, 0.25) is 5.78 Å². The molecule has 1 amide bonds. The molecule has 1 aliphatic heterocycles. The largest absolute Gasteiger partial charge is 0.503 e. The Morgan fingerprint density at radius 2 is 1.78 bits per heavy atom. The Kier molecular flexibility index (Phi) is 4.99. The average molecular weight is 442 g/mol. The van der Waals surface area contributed by atoms with Crippen molar-refractivity contribution in [3.05, 3.63) is 106 Å². The van der Waals surface area contributed by atoms with Crippen LogP contribution in [0.4, 0.5) is 5.69 Å². The van der Waals surface area contributed by atoms with Crippen molar-refractivity contribution in [3.8, 4) is 5.75 Å². The number of nitrogens with zero attached hydrogens (tertiary/aromatic N) is 1. The van der Waals surface area contributed by atoms with Crippen molar-refractivity contribution in [2.24, 2.45) is 0 Å². The normalized spacial score (nSPS) is 16.1. The monoisotopic (exact) mass is 441 g/mol. The molecule has 6 heteroatoms. The molecule has 1 aliphatic rings. The quantitative estimate of drug-likeness (QED) is 0.404. The Bertz CT molecular complexity index is 1370. The minimum Gasteiger partial charge on any atom is -0.503 e. The van der Waals surface area contributed by atoms with Crippen molar-refractivity contribution in [2.45, 2.75) is 6.04 Å². The SMILES string of the molecule is COc1cccc(N2C(=O)C(O)=C(C(=O)c3cccs3)C2c2cccc3ccccc23)c1. The standard InChI is InChI=1S/C26H19NO4S/c1-31-18-10-5-9-17(15-18)27-23(20-12-4-8-16-7-2-3-11-19(16)20)22(25(29)26(27)30)24(28)21-13-6-14-32-21/h2-15,23,29H,1H3. The third-order valence-electron chi connectivity index (χ3n) is 5.65. The summed E-state index contributed by atoms with van der Waals surface area (Å²) in [6, 6.07) is 23.3. The van der Waals surface area contributed by atoms with E-state index >= 15 is 0 Å². The number of benzene rings is 3. The van der Waals surface area contributed by atoms with Crippen LogP contribution in [-0.2, 0) is 4.79 Å². The molecule has 1 N–H and O–H groups in total. The number of carbonyl (C=O) groups is 2. The summed E-state index contributed by atoms with van der Waals surface area (Å²) in [6.07, 6.45) is 0. The van der Waals surface area contributed by atoms with Gasteiger partial charge in [-0.25, -0.2) is 0 Å². The van der Waals surface area contributed by atoms with E-state index in [9.17, 15) is 14.7 Å². The molecular weight excluding hydrogens is 422 g/mol. The van der Waals surface area contributed by atoms with Crippen molar-refractivity contribution in [1.82, 2.24) is 0 Å². The molecule has 0 spiro atoms. The van der Waals surface area contributed by atoms with Crippen LogP contribution in [-0.4, -0.2) is 23.9 Å². The maximum atomic E-state index is 13.5. The van der Waals surface area contributed by atoms with Crippen LogP contribution in [0.2, 0.25) is 0 Å². The van der Waals surface area contributed by atoms with Gasteiger partial charge >= 0.3 is 0 Å².